The van der Waals surface area contributed by atoms with Gasteiger partial charge in [-0.1, -0.05) is 15.9 Å². The summed E-state index contributed by atoms with van der Waals surface area (Å²) < 4.78 is 31.0. The topological polar surface area (TPSA) is 79.8 Å². The molecule has 1 unspecified atom stereocenters. The summed E-state index contributed by atoms with van der Waals surface area (Å²) in [5.41, 5.74) is 0. The van der Waals surface area contributed by atoms with Crippen molar-refractivity contribution in [3.63, 3.8) is 0 Å². The Labute approximate surface area is 175 Å². The van der Waals surface area contributed by atoms with Gasteiger partial charge < -0.3 is 15.4 Å². The predicted octanol–water partition coefficient (Wildman–Crippen LogP) is 2.57. The van der Waals surface area contributed by atoms with Gasteiger partial charge in [0.25, 0.3) is 0 Å². The number of nitrogens with zero attached hydrogens (tertiary/aromatic N) is 1. The molecule has 1 saturated heterocycles. The third kappa shape index (κ3) is 7.79. The fraction of sp³-hybridized carbons (Fsp3) is 0.562. The van der Waals surface area contributed by atoms with Crippen LogP contribution in [0.25, 0.3) is 0 Å². The number of hydrogen-bond acceptors (Lipinski definition) is 4. The van der Waals surface area contributed by atoms with Gasteiger partial charge in [0.2, 0.25) is 0 Å². The van der Waals surface area contributed by atoms with Crippen LogP contribution in [-0.4, -0.2) is 52.5 Å². The Hall–Kier alpha value is -0.390. The molecule has 0 aromatic heterocycles. The van der Waals surface area contributed by atoms with Crippen LogP contribution >= 0.6 is 39.9 Å². The van der Waals surface area contributed by atoms with Gasteiger partial charge >= 0.3 is 0 Å². The van der Waals surface area contributed by atoms with Crippen molar-refractivity contribution in [1.82, 2.24) is 10.6 Å². The summed E-state index contributed by atoms with van der Waals surface area (Å²) in [5.74, 6) is 0.637. The molecule has 9 heteroatoms. The minimum absolute atomic E-state index is 0. The molecule has 1 atom stereocenters. The van der Waals surface area contributed by atoms with Crippen molar-refractivity contribution in [3.8, 4) is 0 Å². The standard InChI is InChI=1S/C16H24BrN3O3S.HI/c1-2-18-16(20-12-14-4-3-10-23-14)19-9-11-24(21,22)15-7-5-13(17)6-8-15;/h5-8,14H,2-4,9-12H2,1H3,(H2,18,19,20);1H. The minimum atomic E-state index is -3.31. The first-order valence-electron chi connectivity index (χ1n) is 8.13. The van der Waals surface area contributed by atoms with Crippen LogP contribution in [0.2, 0.25) is 0 Å². The molecule has 2 N–H and O–H groups in total. The summed E-state index contributed by atoms with van der Waals surface area (Å²) in [6.07, 6.45) is 2.28. The minimum Gasteiger partial charge on any atom is -0.376 e. The van der Waals surface area contributed by atoms with Gasteiger partial charge in [-0.2, -0.15) is 0 Å². The summed E-state index contributed by atoms with van der Waals surface area (Å²) in [6, 6.07) is 6.67. The number of rotatable bonds is 7. The normalized spacial score (nSPS) is 17.8. The molecule has 1 heterocycles. The molecule has 0 amide bonds. The van der Waals surface area contributed by atoms with Crippen molar-refractivity contribution in [2.45, 2.75) is 30.8 Å². The Morgan fingerprint density at radius 1 is 1.32 bits per heavy atom. The van der Waals surface area contributed by atoms with E-state index in [4.69, 9.17) is 4.74 Å². The van der Waals surface area contributed by atoms with E-state index in [0.29, 0.717) is 23.9 Å². The summed E-state index contributed by atoms with van der Waals surface area (Å²) >= 11 is 3.30. The van der Waals surface area contributed by atoms with Crippen LogP contribution in [0, 0.1) is 0 Å². The summed E-state index contributed by atoms with van der Waals surface area (Å²) in [4.78, 5) is 4.80. The second-order valence-corrected chi connectivity index (χ2v) is 8.58. The lowest BCUT2D eigenvalue weighted by Gasteiger charge is -2.13. The van der Waals surface area contributed by atoms with E-state index in [0.717, 1.165) is 30.5 Å². The Balaban J connectivity index is 0.00000312. The van der Waals surface area contributed by atoms with E-state index in [1.165, 1.54) is 0 Å². The van der Waals surface area contributed by atoms with Crippen molar-refractivity contribution in [2.24, 2.45) is 4.99 Å². The molecule has 1 fully saturated rings. The van der Waals surface area contributed by atoms with Gasteiger partial charge in [0.05, 0.1) is 23.3 Å². The van der Waals surface area contributed by atoms with Crippen LogP contribution < -0.4 is 10.6 Å². The molecule has 0 radical (unpaired) electrons. The monoisotopic (exact) mass is 545 g/mol. The first kappa shape index (κ1) is 22.7. The molecule has 6 nitrogen and oxygen atoms in total. The molecule has 0 spiro atoms. The molecule has 0 bridgehead atoms. The average Bonchev–Trinajstić information content (AvgIpc) is 3.06. The maximum absolute atomic E-state index is 12.3. The van der Waals surface area contributed by atoms with E-state index in [9.17, 15) is 8.42 Å². The highest BCUT2D eigenvalue weighted by atomic mass is 127. The fourth-order valence-corrected chi connectivity index (χ4v) is 3.81. The van der Waals surface area contributed by atoms with Crippen LogP contribution in [0.5, 0.6) is 0 Å². The molecule has 1 aromatic rings. The Morgan fingerprint density at radius 2 is 2.04 bits per heavy atom. The predicted molar refractivity (Wildman–Crippen MR) is 115 cm³/mol. The van der Waals surface area contributed by atoms with Crippen molar-refractivity contribution >= 4 is 55.7 Å². The van der Waals surface area contributed by atoms with Crippen LogP contribution in [0.3, 0.4) is 0 Å². The lowest BCUT2D eigenvalue weighted by Crippen LogP contribution is -2.40. The van der Waals surface area contributed by atoms with Crippen molar-refractivity contribution in [2.75, 3.05) is 32.0 Å². The highest BCUT2D eigenvalue weighted by molar-refractivity contribution is 14.0. The van der Waals surface area contributed by atoms with E-state index in [2.05, 4.69) is 31.6 Å². The molecule has 142 valence electrons. The first-order valence-corrected chi connectivity index (χ1v) is 10.6. The van der Waals surface area contributed by atoms with Gasteiger partial charge in [0.15, 0.2) is 15.8 Å². The molecule has 0 aliphatic carbocycles. The maximum Gasteiger partial charge on any atom is 0.191 e. The molecule has 1 aliphatic rings. The zero-order valence-electron chi connectivity index (χ0n) is 14.2. The van der Waals surface area contributed by atoms with Gasteiger partial charge in [-0.3, -0.25) is 4.99 Å². The lowest BCUT2D eigenvalue weighted by atomic mass is 10.2. The Bertz CT molecular complexity index is 647. The van der Waals surface area contributed by atoms with Gasteiger partial charge in [-0.25, -0.2) is 8.42 Å². The van der Waals surface area contributed by atoms with E-state index >= 15 is 0 Å². The Morgan fingerprint density at radius 3 is 2.64 bits per heavy atom. The third-order valence-electron chi connectivity index (χ3n) is 3.66. The second-order valence-electron chi connectivity index (χ2n) is 5.55. The number of nitrogens with one attached hydrogen (secondary N) is 2. The van der Waals surface area contributed by atoms with Crippen molar-refractivity contribution < 1.29 is 13.2 Å². The van der Waals surface area contributed by atoms with Crippen molar-refractivity contribution in [3.05, 3.63) is 28.7 Å². The number of aliphatic imine (C=N–C) groups is 1. The van der Waals surface area contributed by atoms with E-state index in [-0.39, 0.29) is 35.8 Å². The number of guanidine groups is 1. The molecule has 1 aliphatic heterocycles. The van der Waals surface area contributed by atoms with E-state index in [1.807, 2.05) is 6.92 Å². The largest absolute Gasteiger partial charge is 0.376 e. The van der Waals surface area contributed by atoms with Gasteiger partial charge in [-0.15, -0.1) is 24.0 Å². The van der Waals surface area contributed by atoms with E-state index in [1.54, 1.807) is 24.3 Å². The maximum atomic E-state index is 12.3. The second kappa shape index (κ2) is 11.3. The highest BCUT2D eigenvalue weighted by Gasteiger charge is 2.16. The number of ether oxygens (including phenoxy) is 1. The highest BCUT2D eigenvalue weighted by Crippen LogP contribution is 2.15. The zero-order chi connectivity index (χ0) is 17.4. The zero-order valence-corrected chi connectivity index (χ0v) is 18.9. The SMILES string of the molecule is CCNC(=NCC1CCCO1)NCCS(=O)(=O)c1ccc(Br)cc1.I. The molecular weight excluding hydrogens is 521 g/mol. The number of halogens is 2. The first-order chi connectivity index (χ1) is 11.5. The van der Waals surface area contributed by atoms with Gasteiger partial charge in [-0.05, 0) is 44.0 Å². The van der Waals surface area contributed by atoms with Crippen LogP contribution in [0.15, 0.2) is 38.6 Å². The quantitative estimate of drug-likeness (QED) is 0.313. The van der Waals surface area contributed by atoms with Gasteiger partial charge in [0.1, 0.15) is 0 Å². The molecule has 1 aromatic carbocycles. The Kier molecular flexibility index (Phi) is 10.3. The van der Waals surface area contributed by atoms with Crippen molar-refractivity contribution in [1.29, 1.82) is 0 Å². The lowest BCUT2D eigenvalue weighted by molar-refractivity contribution is 0.117. The number of benzene rings is 1. The van der Waals surface area contributed by atoms with Crippen LogP contribution in [-0.2, 0) is 14.6 Å². The molecule has 0 saturated carbocycles. The summed E-state index contributed by atoms with van der Waals surface area (Å²) in [6.45, 7) is 4.39. The molecular formula is C16H25BrIN3O3S. The number of sulfone groups is 1. The average molecular weight is 546 g/mol. The van der Waals surface area contributed by atoms with E-state index < -0.39 is 9.84 Å². The summed E-state index contributed by atoms with van der Waals surface area (Å²) in [5, 5.41) is 6.20. The molecule has 25 heavy (non-hydrogen) atoms. The van der Waals surface area contributed by atoms with Gasteiger partial charge in [0, 0.05) is 24.2 Å². The smallest absolute Gasteiger partial charge is 0.191 e. The fourth-order valence-electron chi connectivity index (χ4n) is 2.39. The van der Waals surface area contributed by atoms with Crippen LogP contribution in [0.1, 0.15) is 19.8 Å². The molecule has 2 rings (SSSR count). The third-order valence-corrected chi connectivity index (χ3v) is 5.92. The summed E-state index contributed by atoms with van der Waals surface area (Å²) in [7, 11) is -3.31. The van der Waals surface area contributed by atoms with Crippen LogP contribution in [0.4, 0.5) is 0 Å². The number of hydrogen-bond donors (Lipinski definition) is 2.